The van der Waals surface area contributed by atoms with E-state index in [0.717, 1.165) is 11.1 Å². The van der Waals surface area contributed by atoms with E-state index >= 15 is 0 Å². The van der Waals surface area contributed by atoms with Gasteiger partial charge >= 0.3 is 5.97 Å². The normalized spacial score (nSPS) is 15.9. The van der Waals surface area contributed by atoms with Crippen molar-refractivity contribution in [2.24, 2.45) is 11.7 Å². The zero-order valence-electron chi connectivity index (χ0n) is 11.8. The summed E-state index contributed by atoms with van der Waals surface area (Å²) in [6.45, 7) is 4.80. The van der Waals surface area contributed by atoms with E-state index in [2.05, 4.69) is 0 Å². The van der Waals surface area contributed by atoms with Gasteiger partial charge in [-0.1, -0.05) is 26.0 Å². The van der Waals surface area contributed by atoms with Crippen LogP contribution in [0.2, 0.25) is 0 Å². The lowest BCUT2D eigenvalue weighted by molar-refractivity contribution is -0.134. The number of nitrogens with two attached hydrogens (primary N) is 1. The lowest BCUT2D eigenvalue weighted by Gasteiger charge is -2.32. The van der Waals surface area contributed by atoms with Crippen LogP contribution in [0.25, 0.3) is 0 Å². The Labute approximate surface area is 118 Å². The molecule has 1 aromatic rings. The Morgan fingerprint density at radius 1 is 1.35 bits per heavy atom. The molecule has 0 radical (unpaired) electrons. The maximum Gasteiger partial charge on any atom is 0.335 e. The Hall–Kier alpha value is -1.88. The third-order valence-corrected chi connectivity index (χ3v) is 3.81. The van der Waals surface area contributed by atoms with Crippen LogP contribution in [-0.2, 0) is 17.8 Å². The van der Waals surface area contributed by atoms with Crippen molar-refractivity contribution in [2.75, 3.05) is 6.54 Å². The molecule has 20 heavy (non-hydrogen) atoms. The second-order valence-electron chi connectivity index (χ2n) is 5.53. The van der Waals surface area contributed by atoms with E-state index in [1.165, 1.54) is 0 Å². The molecule has 1 aliphatic heterocycles. The van der Waals surface area contributed by atoms with E-state index in [-0.39, 0.29) is 11.8 Å². The van der Waals surface area contributed by atoms with E-state index in [1.54, 1.807) is 17.0 Å². The van der Waals surface area contributed by atoms with Crippen molar-refractivity contribution < 1.29 is 14.7 Å². The summed E-state index contributed by atoms with van der Waals surface area (Å²) in [6.07, 6.45) is 0.564. The molecule has 108 valence electrons. The fourth-order valence-electron chi connectivity index (χ4n) is 2.49. The highest BCUT2D eigenvalue weighted by Gasteiger charge is 2.28. The first-order valence-electron chi connectivity index (χ1n) is 6.80. The first kappa shape index (κ1) is 14.5. The summed E-state index contributed by atoms with van der Waals surface area (Å²) in [5, 5.41) is 9.18. The summed E-state index contributed by atoms with van der Waals surface area (Å²) in [5.74, 6) is -0.888. The fourth-order valence-corrected chi connectivity index (χ4v) is 2.49. The van der Waals surface area contributed by atoms with Crippen LogP contribution in [0.1, 0.15) is 35.3 Å². The van der Waals surface area contributed by atoms with Gasteiger partial charge in [0.15, 0.2) is 0 Å². The maximum atomic E-state index is 12.3. The van der Waals surface area contributed by atoms with Crippen LogP contribution in [0.15, 0.2) is 18.2 Å². The lowest BCUT2D eigenvalue weighted by atomic mass is 9.93. The quantitative estimate of drug-likeness (QED) is 0.870. The van der Waals surface area contributed by atoms with Crippen molar-refractivity contribution in [3.05, 3.63) is 34.9 Å². The number of amides is 1. The third kappa shape index (κ3) is 2.67. The molecule has 1 aliphatic rings. The van der Waals surface area contributed by atoms with Gasteiger partial charge in [0.25, 0.3) is 0 Å². The molecule has 1 aromatic carbocycles. The number of aromatic carboxylic acids is 1. The van der Waals surface area contributed by atoms with Crippen molar-refractivity contribution in [2.45, 2.75) is 32.9 Å². The summed E-state index contributed by atoms with van der Waals surface area (Å²) < 4.78 is 0. The van der Waals surface area contributed by atoms with Crippen LogP contribution in [0.3, 0.4) is 0 Å². The van der Waals surface area contributed by atoms with Crippen molar-refractivity contribution in [3.8, 4) is 0 Å². The summed E-state index contributed by atoms with van der Waals surface area (Å²) in [6, 6.07) is 4.71. The average molecular weight is 276 g/mol. The van der Waals surface area contributed by atoms with Gasteiger partial charge in [0.1, 0.15) is 0 Å². The molecule has 5 heteroatoms. The highest BCUT2D eigenvalue weighted by molar-refractivity contribution is 5.90. The number of benzene rings is 1. The Morgan fingerprint density at radius 3 is 2.65 bits per heavy atom. The van der Waals surface area contributed by atoms with Gasteiger partial charge in [-0.25, -0.2) is 4.79 Å². The first-order valence-corrected chi connectivity index (χ1v) is 6.80. The van der Waals surface area contributed by atoms with Gasteiger partial charge in [0.2, 0.25) is 5.91 Å². The van der Waals surface area contributed by atoms with Gasteiger partial charge in [-0.3, -0.25) is 4.79 Å². The van der Waals surface area contributed by atoms with Crippen LogP contribution >= 0.6 is 0 Å². The summed E-state index contributed by atoms with van der Waals surface area (Å²) >= 11 is 0. The van der Waals surface area contributed by atoms with Crippen molar-refractivity contribution >= 4 is 11.9 Å². The second kappa shape index (κ2) is 5.63. The number of hydrogen-bond donors (Lipinski definition) is 2. The molecule has 0 fully saturated rings. The number of carbonyl (C=O) groups excluding carboxylic acids is 1. The number of carboxylic acids is 1. The second-order valence-corrected chi connectivity index (χ2v) is 5.53. The predicted octanol–water partition coefficient (Wildman–Crippen LogP) is 1.25. The Balaban J connectivity index is 2.22. The van der Waals surface area contributed by atoms with Crippen LogP contribution in [0, 0.1) is 5.92 Å². The average Bonchev–Trinajstić information content (AvgIpc) is 2.44. The Kier molecular flexibility index (Phi) is 4.09. The summed E-state index contributed by atoms with van der Waals surface area (Å²) in [5.41, 5.74) is 7.98. The van der Waals surface area contributed by atoms with Gasteiger partial charge in [-0.15, -0.1) is 0 Å². The molecule has 0 saturated carbocycles. The minimum absolute atomic E-state index is 0.0635. The fraction of sp³-hybridized carbons (Fsp3) is 0.467. The molecular formula is C15H20N2O3. The van der Waals surface area contributed by atoms with E-state index < -0.39 is 12.0 Å². The SMILES string of the molecule is CC(C)C(N)C(=O)N1CCc2c(cccc2C(=O)O)C1. The Morgan fingerprint density at radius 2 is 2.05 bits per heavy atom. The first-order chi connectivity index (χ1) is 9.41. The summed E-state index contributed by atoms with van der Waals surface area (Å²) in [4.78, 5) is 25.2. The van der Waals surface area contributed by atoms with Gasteiger partial charge in [0, 0.05) is 13.1 Å². The molecule has 1 amide bonds. The smallest absolute Gasteiger partial charge is 0.335 e. The number of hydrogen-bond acceptors (Lipinski definition) is 3. The van der Waals surface area contributed by atoms with Gasteiger partial charge in [-0.05, 0) is 29.5 Å². The van der Waals surface area contributed by atoms with E-state index in [1.807, 2.05) is 19.9 Å². The minimum atomic E-state index is -0.916. The molecule has 1 heterocycles. The van der Waals surface area contributed by atoms with Gasteiger partial charge in [0.05, 0.1) is 11.6 Å². The molecule has 0 bridgehead atoms. The van der Waals surface area contributed by atoms with Crippen LogP contribution < -0.4 is 5.73 Å². The van der Waals surface area contributed by atoms with Gasteiger partial charge < -0.3 is 15.7 Å². The molecule has 1 unspecified atom stereocenters. The molecule has 0 saturated heterocycles. The van der Waals surface area contributed by atoms with Crippen molar-refractivity contribution in [3.63, 3.8) is 0 Å². The molecule has 0 spiro atoms. The number of rotatable bonds is 3. The lowest BCUT2D eigenvalue weighted by Crippen LogP contribution is -2.48. The standard InChI is InChI=1S/C15H20N2O3/c1-9(2)13(16)14(18)17-7-6-11-10(8-17)4-3-5-12(11)15(19)20/h3-5,9,13H,6-8,16H2,1-2H3,(H,19,20). The molecule has 3 N–H and O–H groups in total. The molecule has 0 aliphatic carbocycles. The summed E-state index contributed by atoms with van der Waals surface area (Å²) in [7, 11) is 0. The number of fused-ring (bicyclic) bond motifs is 1. The van der Waals surface area contributed by atoms with Crippen LogP contribution in [0.4, 0.5) is 0 Å². The van der Waals surface area contributed by atoms with Crippen molar-refractivity contribution in [1.29, 1.82) is 0 Å². The van der Waals surface area contributed by atoms with E-state index in [0.29, 0.717) is 25.1 Å². The van der Waals surface area contributed by atoms with E-state index in [4.69, 9.17) is 5.73 Å². The number of carboxylic acid groups (broad SMARTS) is 1. The minimum Gasteiger partial charge on any atom is -0.478 e. The van der Waals surface area contributed by atoms with Crippen LogP contribution in [0.5, 0.6) is 0 Å². The monoisotopic (exact) mass is 276 g/mol. The molecular weight excluding hydrogens is 256 g/mol. The van der Waals surface area contributed by atoms with Crippen molar-refractivity contribution in [1.82, 2.24) is 4.90 Å². The third-order valence-electron chi connectivity index (χ3n) is 3.81. The zero-order valence-corrected chi connectivity index (χ0v) is 11.8. The maximum absolute atomic E-state index is 12.3. The molecule has 0 aromatic heterocycles. The molecule has 1 atom stereocenters. The Bertz CT molecular complexity index is 540. The highest BCUT2D eigenvalue weighted by atomic mass is 16.4. The van der Waals surface area contributed by atoms with Gasteiger partial charge in [-0.2, -0.15) is 0 Å². The van der Waals surface area contributed by atoms with E-state index in [9.17, 15) is 14.7 Å². The molecule has 2 rings (SSSR count). The topological polar surface area (TPSA) is 83.6 Å². The van der Waals surface area contributed by atoms with Crippen LogP contribution in [-0.4, -0.2) is 34.5 Å². The number of carbonyl (C=O) groups is 2. The predicted molar refractivity (Wildman–Crippen MR) is 75.3 cm³/mol. The molecule has 5 nitrogen and oxygen atoms in total. The largest absolute Gasteiger partial charge is 0.478 e. The highest BCUT2D eigenvalue weighted by Crippen LogP contribution is 2.23. The zero-order chi connectivity index (χ0) is 14.9. The number of nitrogens with zero attached hydrogens (tertiary/aromatic N) is 1.